The second kappa shape index (κ2) is 10.9. The van der Waals surface area contributed by atoms with Gasteiger partial charge in [-0.25, -0.2) is 5.43 Å². The summed E-state index contributed by atoms with van der Waals surface area (Å²) in [5.74, 6) is -0.317. The van der Waals surface area contributed by atoms with Crippen molar-refractivity contribution >= 4 is 35.0 Å². The molecule has 2 aromatic carbocycles. The number of carbonyl (C=O) groups is 3. The standard InChI is InChI=1S/C25H23ClN4O5/c1-15-22-19(27-29-24(32)16-7-5-8-17(26)13-16)11-6-12-20(22)35-23(15)25(33)30-28-21(31)14-34-18-9-3-2-4-10-18/h2-5,7-10,13H,6,11-12,14H2,1H3,(H,28,31)(H,29,32)(H,30,33)/b27-19+. The highest BCUT2D eigenvalue weighted by molar-refractivity contribution is 6.31. The largest absolute Gasteiger partial charge is 0.484 e. The van der Waals surface area contributed by atoms with Gasteiger partial charge in [0.25, 0.3) is 11.8 Å². The van der Waals surface area contributed by atoms with Crippen LogP contribution in [0.2, 0.25) is 5.02 Å². The third kappa shape index (κ3) is 5.88. The first-order chi connectivity index (χ1) is 16.9. The Kier molecular flexibility index (Phi) is 7.47. The van der Waals surface area contributed by atoms with Gasteiger partial charge >= 0.3 is 5.91 Å². The number of para-hydroxylation sites is 1. The van der Waals surface area contributed by atoms with Crippen molar-refractivity contribution in [3.8, 4) is 5.75 Å². The number of carbonyl (C=O) groups excluding carboxylic acids is 3. The van der Waals surface area contributed by atoms with E-state index in [9.17, 15) is 14.4 Å². The highest BCUT2D eigenvalue weighted by Gasteiger charge is 2.28. The lowest BCUT2D eigenvalue weighted by molar-refractivity contribution is -0.123. The topological polar surface area (TPSA) is 122 Å². The molecule has 10 heteroatoms. The zero-order valence-electron chi connectivity index (χ0n) is 18.9. The van der Waals surface area contributed by atoms with Gasteiger partial charge in [-0.2, -0.15) is 5.10 Å². The molecule has 1 aliphatic rings. The summed E-state index contributed by atoms with van der Waals surface area (Å²) in [6.07, 6.45) is 1.99. The Morgan fingerprint density at radius 2 is 1.83 bits per heavy atom. The molecule has 0 bridgehead atoms. The number of furan rings is 1. The molecular formula is C25H23ClN4O5. The van der Waals surface area contributed by atoms with Gasteiger partial charge < -0.3 is 9.15 Å². The summed E-state index contributed by atoms with van der Waals surface area (Å²) in [4.78, 5) is 37.1. The van der Waals surface area contributed by atoms with Crippen LogP contribution in [0.15, 0.2) is 64.1 Å². The van der Waals surface area contributed by atoms with Gasteiger partial charge in [0.05, 0.1) is 5.71 Å². The molecule has 0 spiro atoms. The van der Waals surface area contributed by atoms with Crippen LogP contribution < -0.4 is 21.0 Å². The lowest BCUT2D eigenvalue weighted by Gasteiger charge is -2.13. The van der Waals surface area contributed by atoms with Crippen LogP contribution in [0.3, 0.4) is 0 Å². The number of nitrogens with zero attached hydrogens (tertiary/aromatic N) is 1. The van der Waals surface area contributed by atoms with Gasteiger partial charge in [0.1, 0.15) is 11.5 Å². The van der Waals surface area contributed by atoms with E-state index in [0.717, 1.165) is 6.42 Å². The molecule has 4 rings (SSSR count). The summed E-state index contributed by atoms with van der Waals surface area (Å²) in [6.45, 7) is 1.47. The van der Waals surface area contributed by atoms with Crippen molar-refractivity contribution < 1.29 is 23.5 Å². The normalized spacial score (nSPS) is 13.6. The fourth-order valence-electron chi connectivity index (χ4n) is 3.69. The summed E-state index contributed by atoms with van der Waals surface area (Å²) >= 11 is 5.95. The van der Waals surface area contributed by atoms with E-state index in [4.69, 9.17) is 20.8 Å². The highest BCUT2D eigenvalue weighted by Crippen LogP contribution is 2.29. The number of rotatable bonds is 6. The van der Waals surface area contributed by atoms with Gasteiger partial charge in [-0.1, -0.05) is 35.9 Å². The molecule has 9 nitrogen and oxygen atoms in total. The first-order valence-corrected chi connectivity index (χ1v) is 11.3. The van der Waals surface area contributed by atoms with E-state index in [1.54, 1.807) is 55.5 Å². The smallest absolute Gasteiger partial charge is 0.305 e. The minimum atomic E-state index is -0.604. The molecule has 35 heavy (non-hydrogen) atoms. The number of hydrogen-bond donors (Lipinski definition) is 3. The van der Waals surface area contributed by atoms with Gasteiger partial charge in [-0.15, -0.1) is 0 Å². The molecular weight excluding hydrogens is 472 g/mol. The van der Waals surface area contributed by atoms with Crippen LogP contribution in [0.5, 0.6) is 5.75 Å². The Bertz CT molecular complexity index is 1290. The number of ether oxygens (including phenoxy) is 1. The van der Waals surface area contributed by atoms with Crippen LogP contribution in [0.25, 0.3) is 0 Å². The van der Waals surface area contributed by atoms with Crippen LogP contribution in [-0.4, -0.2) is 30.0 Å². The van der Waals surface area contributed by atoms with Crippen LogP contribution in [0.4, 0.5) is 0 Å². The van der Waals surface area contributed by atoms with Gasteiger partial charge in [0.15, 0.2) is 12.4 Å². The number of hydrazone groups is 1. The van der Waals surface area contributed by atoms with Crippen molar-refractivity contribution in [3.05, 3.63) is 87.8 Å². The Hall–Kier alpha value is -4.11. The second-order valence-corrected chi connectivity index (χ2v) is 8.26. The molecule has 1 aromatic heterocycles. The molecule has 1 aliphatic carbocycles. The number of aryl methyl sites for hydroxylation is 1. The van der Waals surface area contributed by atoms with E-state index in [0.29, 0.717) is 51.8 Å². The van der Waals surface area contributed by atoms with Crippen molar-refractivity contribution in [1.82, 2.24) is 16.3 Å². The lowest BCUT2D eigenvalue weighted by Crippen LogP contribution is -2.43. The SMILES string of the molecule is Cc1c(C(=O)NNC(=O)COc2ccccc2)oc2c1/C(=N/NC(=O)c1cccc(Cl)c1)CCC2. The molecule has 0 unspecified atom stereocenters. The predicted molar refractivity (Wildman–Crippen MR) is 129 cm³/mol. The quantitative estimate of drug-likeness (QED) is 0.452. The van der Waals surface area contributed by atoms with E-state index >= 15 is 0 Å². The summed E-state index contributed by atoms with van der Waals surface area (Å²) in [7, 11) is 0. The highest BCUT2D eigenvalue weighted by atomic mass is 35.5. The van der Waals surface area contributed by atoms with Crippen LogP contribution in [-0.2, 0) is 11.2 Å². The van der Waals surface area contributed by atoms with Gasteiger partial charge in [-0.3, -0.25) is 25.2 Å². The molecule has 3 amide bonds. The maximum Gasteiger partial charge on any atom is 0.305 e. The van der Waals surface area contributed by atoms with Crippen molar-refractivity contribution in [2.24, 2.45) is 5.10 Å². The number of halogens is 1. The summed E-state index contributed by atoms with van der Waals surface area (Å²) in [5.41, 5.74) is 9.46. The summed E-state index contributed by atoms with van der Waals surface area (Å²) < 4.78 is 11.1. The summed E-state index contributed by atoms with van der Waals surface area (Å²) in [5, 5.41) is 4.74. The van der Waals surface area contributed by atoms with E-state index in [1.807, 2.05) is 6.07 Å². The molecule has 0 fully saturated rings. The Morgan fingerprint density at radius 3 is 2.60 bits per heavy atom. The molecule has 0 atom stereocenters. The van der Waals surface area contributed by atoms with Crippen molar-refractivity contribution in [2.75, 3.05) is 6.61 Å². The van der Waals surface area contributed by atoms with Gasteiger partial charge in [-0.05, 0) is 50.1 Å². The molecule has 3 aromatic rings. The molecule has 0 saturated carbocycles. The zero-order valence-corrected chi connectivity index (χ0v) is 19.6. The van der Waals surface area contributed by atoms with Crippen molar-refractivity contribution in [1.29, 1.82) is 0 Å². The molecule has 1 heterocycles. The number of hydrogen-bond acceptors (Lipinski definition) is 6. The number of amides is 3. The van der Waals surface area contributed by atoms with E-state index in [2.05, 4.69) is 21.4 Å². The average Bonchev–Trinajstić information content (AvgIpc) is 3.22. The number of fused-ring (bicyclic) bond motifs is 1. The number of hydrazine groups is 1. The summed E-state index contributed by atoms with van der Waals surface area (Å²) in [6, 6.07) is 15.4. The van der Waals surface area contributed by atoms with Crippen LogP contribution in [0, 0.1) is 6.92 Å². The monoisotopic (exact) mass is 494 g/mol. The average molecular weight is 495 g/mol. The van der Waals surface area contributed by atoms with E-state index in [1.165, 1.54) is 0 Å². The Balaban J connectivity index is 1.40. The number of benzene rings is 2. The minimum Gasteiger partial charge on any atom is -0.484 e. The Labute approximate surface area is 206 Å². The molecule has 0 aliphatic heterocycles. The first-order valence-electron chi connectivity index (χ1n) is 10.9. The van der Waals surface area contributed by atoms with Crippen molar-refractivity contribution in [3.63, 3.8) is 0 Å². The van der Waals surface area contributed by atoms with Gasteiger partial charge in [0, 0.05) is 28.1 Å². The molecule has 0 radical (unpaired) electrons. The third-order valence-corrected chi connectivity index (χ3v) is 5.57. The lowest BCUT2D eigenvalue weighted by atomic mass is 9.93. The maximum absolute atomic E-state index is 12.7. The molecule has 3 N–H and O–H groups in total. The first kappa shape index (κ1) is 24.0. The van der Waals surface area contributed by atoms with Gasteiger partial charge in [0.2, 0.25) is 0 Å². The second-order valence-electron chi connectivity index (χ2n) is 7.82. The predicted octanol–water partition coefficient (Wildman–Crippen LogP) is 3.55. The van der Waals surface area contributed by atoms with E-state index < -0.39 is 17.7 Å². The third-order valence-electron chi connectivity index (χ3n) is 5.34. The number of nitrogens with one attached hydrogen (secondary N) is 3. The zero-order chi connectivity index (χ0) is 24.8. The van der Waals surface area contributed by atoms with E-state index in [-0.39, 0.29) is 12.4 Å². The Morgan fingerprint density at radius 1 is 1.03 bits per heavy atom. The fraction of sp³-hybridized carbons (Fsp3) is 0.200. The molecule has 180 valence electrons. The van der Waals surface area contributed by atoms with Crippen LogP contribution in [0.1, 0.15) is 50.6 Å². The molecule has 0 saturated heterocycles. The van der Waals surface area contributed by atoms with Crippen LogP contribution >= 0.6 is 11.6 Å². The maximum atomic E-state index is 12.7. The van der Waals surface area contributed by atoms with Crippen molar-refractivity contribution in [2.45, 2.75) is 26.2 Å². The minimum absolute atomic E-state index is 0.0649. The fourth-order valence-corrected chi connectivity index (χ4v) is 3.88.